The van der Waals surface area contributed by atoms with E-state index in [1.54, 1.807) is 6.07 Å². The summed E-state index contributed by atoms with van der Waals surface area (Å²) in [6.07, 6.45) is 0. The Hall–Kier alpha value is -2.28. The van der Waals surface area contributed by atoms with Gasteiger partial charge in [-0.2, -0.15) is 0 Å². The van der Waals surface area contributed by atoms with Gasteiger partial charge in [0, 0.05) is 30.9 Å². The fraction of sp³-hybridized carbons (Fsp3) is 0.333. The molecule has 2 aromatic rings. The normalized spacial score (nSPS) is 14.6. The standard InChI is InChI=1S/C21H25N3O2S/c1-15-3-6-18(13-16(15)2)20(25)23-21(27)22-19-7-4-17(5-8-19)14-24-9-11-26-12-10-24/h3-8,13H,9-12,14H2,1-2H3,(H2,22,23,25,27). The SMILES string of the molecule is Cc1ccc(C(=O)NC(=S)Nc2ccc(CN3CCOCC3)cc2)cc1C. The molecule has 1 saturated heterocycles. The maximum atomic E-state index is 12.3. The molecule has 0 aliphatic carbocycles. The highest BCUT2D eigenvalue weighted by molar-refractivity contribution is 7.80. The zero-order valence-electron chi connectivity index (χ0n) is 15.7. The number of thiocarbonyl (C=S) groups is 1. The van der Waals surface area contributed by atoms with Crippen molar-refractivity contribution in [2.45, 2.75) is 20.4 Å². The van der Waals surface area contributed by atoms with E-state index >= 15 is 0 Å². The van der Waals surface area contributed by atoms with Gasteiger partial charge in [0.25, 0.3) is 5.91 Å². The van der Waals surface area contributed by atoms with Crippen LogP contribution in [0.15, 0.2) is 42.5 Å². The molecular weight excluding hydrogens is 358 g/mol. The van der Waals surface area contributed by atoms with Crippen molar-refractivity contribution in [1.29, 1.82) is 0 Å². The van der Waals surface area contributed by atoms with Gasteiger partial charge < -0.3 is 10.1 Å². The predicted molar refractivity (Wildman–Crippen MR) is 112 cm³/mol. The number of hydrogen-bond acceptors (Lipinski definition) is 4. The minimum atomic E-state index is -0.209. The molecule has 5 nitrogen and oxygen atoms in total. The zero-order valence-corrected chi connectivity index (χ0v) is 16.6. The highest BCUT2D eigenvalue weighted by Gasteiger charge is 2.11. The van der Waals surface area contributed by atoms with Crippen LogP contribution < -0.4 is 10.6 Å². The van der Waals surface area contributed by atoms with E-state index in [0.29, 0.717) is 10.7 Å². The first-order valence-corrected chi connectivity index (χ1v) is 9.51. The molecule has 6 heteroatoms. The summed E-state index contributed by atoms with van der Waals surface area (Å²) in [6.45, 7) is 8.45. The van der Waals surface area contributed by atoms with Crippen molar-refractivity contribution in [3.63, 3.8) is 0 Å². The molecule has 27 heavy (non-hydrogen) atoms. The van der Waals surface area contributed by atoms with Crippen LogP contribution in [0.25, 0.3) is 0 Å². The Labute approximate surface area is 165 Å². The summed E-state index contributed by atoms with van der Waals surface area (Å²) in [5.74, 6) is -0.209. The first kappa shape index (κ1) is 19.5. The first-order chi connectivity index (χ1) is 13.0. The lowest BCUT2D eigenvalue weighted by Gasteiger charge is -2.26. The number of carbonyl (C=O) groups excluding carboxylic acids is 1. The van der Waals surface area contributed by atoms with Crippen LogP contribution in [0.5, 0.6) is 0 Å². The van der Waals surface area contributed by atoms with Gasteiger partial charge in [0.05, 0.1) is 13.2 Å². The molecule has 0 aromatic heterocycles. The highest BCUT2D eigenvalue weighted by Crippen LogP contribution is 2.13. The van der Waals surface area contributed by atoms with E-state index in [9.17, 15) is 4.79 Å². The van der Waals surface area contributed by atoms with Gasteiger partial charge >= 0.3 is 0 Å². The lowest BCUT2D eigenvalue weighted by Crippen LogP contribution is -2.35. The second-order valence-electron chi connectivity index (χ2n) is 6.79. The summed E-state index contributed by atoms with van der Waals surface area (Å²) in [4.78, 5) is 14.7. The van der Waals surface area contributed by atoms with Crippen molar-refractivity contribution >= 4 is 28.9 Å². The molecule has 0 radical (unpaired) electrons. The number of nitrogens with one attached hydrogen (secondary N) is 2. The van der Waals surface area contributed by atoms with Crippen LogP contribution in [-0.4, -0.2) is 42.2 Å². The molecule has 0 bridgehead atoms. The first-order valence-electron chi connectivity index (χ1n) is 9.10. The quantitative estimate of drug-likeness (QED) is 0.794. The summed E-state index contributed by atoms with van der Waals surface area (Å²) in [6, 6.07) is 13.7. The molecule has 1 fully saturated rings. The van der Waals surface area contributed by atoms with Crippen molar-refractivity contribution in [1.82, 2.24) is 10.2 Å². The van der Waals surface area contributed by atoms with Gasteiger partial charge in [-0.25, -0.2) is 0 Å². The van der Waals surface area contributed by atoms with Gasteiger partial charge in [-0.05, 0) is 67.0 Å². The van der Waals surface area contributed by atoms with Crippen LogP contribution in [0.4, 0.5) is 5.69 Å². The Balaban J connectivity index is 1.52. The number of benzene rings is 2. The van der Waals surface area contributed by atoms with Crippen LogP contribution >= 0.6 is 12.2 Å². The largest absolute Gasteiger partial charge is 0.379 e. The molecule has 142 valence electrons. The maximum Gasteiger partial charge on any atom is 0.257 e. The van der Waals surface area contributed by atoms with Gasteiger partial charge in [-0.1, -0.05) is 18.2 Å². The van der Waals surface area contributed by atoms with Crippen LogP contribution in [0.3, 0.4) is 0 Å². The molecule has 0 atom stereocenters. The number of hydrogen-bond donors (Lipinski definition) is 2. The van der Waals surface area contributed by atoms with E-state index in [1.165, 1.54) is 5.56 Å². The van der Waals surface area contributed by atoms with Gasteiger partial charge in [0.1, 0.15) is 0 Å². The van der Waals surface area contributed by atoms with E-state index in [-0.39, 0.29) is 5.91 Å². The molecular formula is C21H25N3O2S. The Bertz CT molecular complexity index is 815. The van der Waals surface area contributed by atoms with Gasteiger partial charge in [0.15, 0.2) is 5.11 Å². The summed E-state index contributed by atoms with van der Waals surface area (Å²) in [5.41, 5.74) is 4.93. The Morgan fingerprint density at radius 2 is 1.78 bits per heavy atom. The lowest BCUT2D eigenvalue weighted by molar-refractivity contribution is 0.0342. The van der Waals surface area contributed by atoms with Gasteiger partial charge in [0.2, 0.25) is 0 Å². The smallest absolute Gasteiger partial charge is 0.257 e. The maximum absolute atomic E-state index is 12.3. The summed E-state index contributed by atoms with van der Waals surface area (Å²) in [7, 11) is 0. The summed E-state index contributed by atoms with van der Waals surface area (Å²) >= 11 is 5.27. The number of amides is 1. The van der Waals surface area contributed by atoms with Crippen LogP contribution in [0.2, 0.25) is 0 Å². The molecule has 3 rings (SSSR count). The fourth-order valence-corrected chi connectivity index (χ4v) is 3.14. The Morgan fingerprint density at radius 1 is 1.07 bits per heavy atom. The third-order valence-corrected chi connectivity index (χ3v) is 4.92. The molecule has 0 unspecified atom stereocenters. The fourth-order valence-electron chi connectivity index (χ4n) is 2.93. The second kappa shape index (κ2) is 9.08. The predicted octanol–water partition coefficient (Wildman–Crippen LogP) is 3.26. The lowest BCUT2D eigenvalue weighted by atomic mass is 10.1. The molecule has 0 spiro atoms. The van der Waals surface area contributed by atoms with Crippen LogP contribution in [0, 0.1) is 13.8 Å². The molecule has 2 N–H and O–H groups in total. The van der Waals surface area contributed by atoms with E-state index < -0.39 is 0 Å². The Kier molecular flexibility index (Phi) is 6.55. The van der Waals surface area contributed by atoms with Crippen molar-refractivity contribution < 1.29 is 9.53 Å². The van der Waals surface area contributed by atoms with Crippen molar-refractivity contribution in [3.05, 3.63) is 64.7 Å². The number of nitrogens with zero attached hydrogens (tertiary/aromatic N) is 1. The third kappa shape index (κ3) is 5.60. The minimum Gasteiger partial charge on any atom is -0.379 e. The number of morpholine rings is 1. The average molecular weight is 384 g/mol. The second-order valence-corrected chi connectivity index (χ2v) is 7.20. The number of carbonyl (C=O) groups is 1. The summed E-state index contributed by atoms with van der Waals surface area (Å²) in [5, 5.41) is 6.09. The van der Waals surface area contributed by atoms with Crippen molar-refractivity contribution in [2.75, 3.05) is 31.6 Å². The van der Waals surface area contributed by atoms with E-state index in [2.05, 4.69) is 27.7 Å². The van der Waals surface area contributed by atoms with Gasteiger partial charge in [-0.15, -0.1) is 0 Å². The number of ether oxygens (including phenoxy) is 1. The van der Waals surface area contributed by atoms with Crippen LogP contribution in [0.1, 0.15) is 27.0 Å². The number of anilines is 1. The summed E-state index contributed by atoms with van der Waals surface area (Å²) < 4.78 is 5.38. The highest BCUT2D eigenvalue weighted by atomic mass is 32.1. The van der Waals surface area contributed by atoms with Crippen LogP contribution in [-0.2, 0) is 11.3 Å². The minimum absolute atomic E-state index is 0.209. The molecule has 1 heterocycles. The number of rotatable bonds is 4. The van der Waals surface area contributed by atoms with Gasteiger partial charge in [-0.3, -0.25) is 15.0 Å². The monoisotopic (exact) mass is 383 g/mol. The molecule has 1 aliphatic heterocycles. The van der Waals surface area contributed by atoms with Crippen molar-refractivity contribution in [2.24, 2.45) is 0 Å². The number of aryl methyl sites for hydroxylation is 2. The third-order valence-electron chi connectivity index (χ3n) is 4.72. The zero-order chi connectivity index (χ0) is 19.2. The Morgan fingerprint density at radius 3 is 2.44 bits per heavy atom. The molecule has 1 aliphatic rings. The average Bonchev–Trinajstić information content (AvgIpc) is 2.66. The molecule has 1 amide bonds. The molecule has 2 aromatic carbocycles. The van der Waals surface area contributed by atoms with E-state index in [4.69, 9.17) is 17.0 Å². The van der Waals surface area contributed by atoms with Crippen molar-refractivity contribution in [3.8, 4) is 0 Å². The molecule has 0 saturated carbocycles. The van der Waals surface area contributed by atoms with E-state index in [0.717, 1.165) is 49.7 Å². The van der Waals surface area contributed by atoms with E-state index in [1.807, 2.05) is 38.1 Å². The topological polar surface area (TPSA) is 53.6 Å².